The van der Waals surface area contributed by atoms with E-state index in [-0.39, 0.29) is 18.2 Å². The van der Waals surface area contributed by atoms with Crippen molar-refractivity contribution in [2.24, 2.45) is 0 Å². The monoisotopic (exact) mass is 394 g/mol. The van der Waals surface area contributed by atoms with Crippen molar-refractivity contribution in [2.75, 3.05) is 13.2 Å². The standard InChI is InChI=1S/C18H17F3N4O3/c1-3-27-17(26)15-13-9-25(24-14(13)4-5-22-15)8-12-6-11(2)16(23-7-12)28-10-18(19,20)21/h4-7,9H,3,8,10H2,1-2H3. The number of fused-ring (bicyclic) bond motifs is 1. The molecule has 3 aromatic rings. The van der Waals surface area contributed by atoms with Gasteiger partial charge in [-0.2, -0.15) is 18.3 Å². The maximum atomic E-state index is 12.3. The van der Waals surface area contributed by atoms with Crippen LogP contribution >= 0.6 is 0 Å². The van der Waals surface area contributed by atoms with Crippen LogP contribution in [-0.2, 0) is 11.3 Å². The maximum Gasteiger partial charge on any atom is 0.422 e. The van der Waals surface area contributed by atoms with Gasteiger partial charge in [-0.25, -0.2) is 14.8 Å². The van der Waals surface area contributed by atoms with Gasteiger partial charge in [0.1, 0.15) is 0 Å². The number of pyridine rings is 2. The summed E-state index contributed by atoms with van der Waals surface area (Å²) in [7, 11) is 0. The van der Waals surface area contributed by atoms with Crippen molar-refractivity contribution in [3.63, 3.8) is 0 Å². The normalized spacial score (nSPS) is 11.6. The van der Waals surface area contributed by atoms with Gasteiger partial charge in [0.25, 0.3) is 0 Å². The van der Waals surface area contributed by atoms with E-state index in [0.717, 1.165) is 5.56 Å². The zero-order valence-electron chi connectivity index (χ0n) is 15.2. The van der Waals surface area contributed by atoms with Gasteiger partial charge in [0.15, 0.2) is 12.3 Å². The first kappa shape index (κ1) is 19.6. The molecule has 0 saturated carbocycles. The van der Waals surface area contributed by atoms with E-state index in [0.29, 0.717) is 23.0 Å². The van der Waals surface area contributed by atoms with Crippen LogP contribution in [0.2, 0.25) is 0 Å². The number of carbonyl (C=O) groups excluding carboxylic acids is 1. The molecule has 0 radical (unpaired) electrons. The summed E-state index contributed by atoms with van der Waals surface area (Å²) < 4.78 is 48.1. The molecule has 0 saturated heterocycles. The second-order valence-corrected chi connectivity index (χ2v) is 6.01. The fraction of sp³-hybridized carbons (Fsp3) is 0.333. The van der Waals surface area contributed by atoms with Crippen LogP contribution in [0.5, 0.6) is 5.88 Å². The lowest BCUT2D eigenvalue weighted by Gasteiger charge is -2.11. The highest BCUT2D eigenvalue weighted by Crippen LogP contribution is 2.21. The van der Waals surface area contributed by atoms with Gasteiger partial charge in [0.2, 0.25) is 5.88 Å². The van der Waals surface area contributed by atoms with E-state index >= 15 is 0 Å². The number of carbonyl (C=O) groups is 1. The van der Waals surface area contributed by atoms with Gasteiger partial charge in [0, 0.05) is 24.2 Å². The number of hydrogen-bond donors (Lipinski definition) is 0. The molecular weight excluding hydrogens is 377 g/mol. The zero-order valence-corrected chi connectivity index (χ0v) is 15.2. The van der Waals surface area contributed by atoms with Crippen LogP contribution in [0.1, 0.15) is 28.5 Å². The Morgan fingerprint density at radius 2 is 2.07 bits per heavy atom. The van der Waals surface area contributed by atoms with Crippen LogP contribution in [0.3, 0.4) is 0 Å². The topological polar surface area (TPSA) is 79.1 Å². The Hall–Kier alpha value is -3.17. The summed E-state index contributed by atoms with van der Waals surface area (Å²) in [4.78, 5) is 20.0. The summed E-state index contributed by atoms with van der Waals surface area (Å²) in [6.45, 7) is 2.47. The molecule has 3 heterocycles. The van der Waals surface area contributed by atoms with Gasteiger partial charge in [-0.15, -0.1) is 0 Å². The molecule has 10 heteroatoms. The number of alkyl halides is 3. The molecule has 0 aliphatic rings. The summed E-state index contributed by atoms with van der Waals surface area (Å²) in [6, 6.07) is 3.35. The van der Waals surface area contributed by atoms with Crippen LogP contribution in [0.4, 0.5) is 13.2 Å². The number of hydrogen-bond acceptors (Lipinski definition) is 6. The predicted octanol–water partition coefficient (Wildman–Crippen LogP) is 3.30. The van der Waals surface area contributed by atoms with Gasteiger partial charge >= 0.3 is 12.1 Å². The van der Waals surface area contributed by atoms with Gasteiger partial charge in [0.05, 0.1) is 24.1 Å². The number of aromatic nitrogens is 4. The van der Waals surface area contributed by atoms with Crippen LogP contribution in [0.15, 0.2) is 30.7 Å². The number of esters is 1. The van der Waals surface area contributed by atoms with E-state index in [4.69, 9.17) is 9.47 Å². The summed E-state index contributed by atoms with van der Waals surface area (Å²) in [5.74, 6) is -0.600. The minimum Gasteiger partial charge on any atom is -0.468 e. The fourth-order valence-electron chi connectivity index (χ4n) is 2.63. The lowest BCUT2D eigenvalue weighted by atomic mass is 10.2. The molecule has 0 fully saturated rings. The third kappa shape index (κ3) is 4.56. The van der Waals surface area contributed by atoms with Crippen molar-refractivity contribution in [3.8, 4) is 5.88 Å². The average molecular weight is 394 g/mol. The van der Waals surface area contributed by atoms with E-state index in [1.54, 1.807) is 36.9 Å². The molecule has 0 spiro atoms. The smallest absolute Gasteiger partial charge is 0.422 e. The number of nitrogens with zero attached hydrogens (tertiary/aromatic N) is 4. The van der Waals surface area contributed by atoms with Crippen molar-refractivity contribution in [2.45, 2.75) is 26.6 Å². The molecule has 0 aliphatic heterocycles. The first-order valence-electron chi connectivity index (χ1n) is 8.41. The van der Waals surface area contributed by atoms with Crippen LogP contribution < -0.4 is 4.74 Å². The first-order valence-corrected chi connectivity index (χ1v) is 8.41. The molecular formula is C18H17F3N4O3. The molecule has 0 aromatic carbocycles. The number of rotatable bonds is 6. The summed E-state index contributed by atoms with van der Waals surface area (Å²) >= 11 is 0. The maximum absolute atomic E-state index is 12.3. The van der Waals surface area contributed by atoms with E-state index in [1.807, 2.05) is 0 Å². The van der Waals surface area contributed by atoms with Crippen molar-refractivity contribution in [1.82, 2.24) is 19.7 Å². The Labute approximate surface area is 158 Å². The Balaban J connectivity index is 1.80. The number of halogens is 3. The first-order chi connectivity index (χ1) is 13.3. The number of ether oxygens (including phenoxy) is 2. The Morgan fingerprint density at radius 3 is 2.75 bits per heavy atom. The molecule has 0 unspecified atom stereocenters. The zero-order chi connectivity index (χ0) is 20.3. The van der Waals surface area contributed by atoms with Crippen molar-refractivity contribution in [1.29, 1.82) is 0 Å². The SMILES string of the molecule is CCOC(=O)c1nccc2nn(Cc3cnc(OCC(F)(F)F)c(C)c3)cc12. The third-order valence-corrected chi connectivity index (χ3v) is 3.75. The highest BCUT2D eigenvalue weighted by molar-refractivity contribution is 6.01. The Bertz CT molecular complexity index is 1000. The molecule has 3 aromatic heterocycles. The predicted molar refractivity (Wildman–Crippen MR) is 93.1 cm³/mol. The largest absolute Gasteiger partial charge is 0.468 e. The van der Waals surface area contributed by atoms with Crippen molar-refractivity contribution in [3.05, 3.63) is 47.5 Å². The van der Waals surface area contributed by atoms with Crippen LogP contribution in [0.25, 0.3) is 10.9 Å². The van der Waals surface area contributed by atoms with E-state index < -0.39 is 18.8 Å². The molecule has 3 rings (SSSR count). The van der Waals surface area contributed by atoms with Crippen LogP contribution in [-0.4, -0.2) is 45.1 Å². The fourth-order valence-corrected chi connectivity index (χ4v) is 2.63. The van der Waals surface area contributed by atoms with E-state index in [2.05, 4.69) is 15.1 Å². The minimum absolute atomic E-state index is 0.0690. The molecule has 148 valence electrons. The van der Waals surface area contributed by atoms with Gasteiger partial charge in [-0.1, -0.05) is 0 Å². The quantitative estimate of drug-likeness (QED) is 0.597. The second kappa shape index (κ2) is 7.83. The lowest BCUT2D eigenvalue weighted by molar-refractivity contribution is -0.154. The molecule has 7 nitrogen and oxygen atoms in total. The average Bonchev–Trinajstić information content (AvgIpc) is 3.02. The summed E-state index contributed by atoms with van der Waals surface area (Å²) in [6.07, 6.45) is 0.143. The molecule has 28 heavy (non-hydrogen) atoms. The van der Waals surface area contributed by atoms with Gasteiger partial charge < -0.3 is 9.47 Å². The summed E-state index contributed by atoms with van der Waals surface area (Å²) in [5.41, 5.74) is 1.95. The minimum atomic E-state index is -4.42. The van der Waals surface area contributed by atoms with Crippen molar-refractivity contribution >= 4 is 16.9 Å². The molecule has 0 atom stereocenters. The Morgan fingerprint density at radius 1 is 1.29 bits per heavy atom. The van der Waals surface area contributed by atoms with Crippen LogP contribution in [0, 0.1) is 6.92 Å². The summed E-state index contributed by atoms with van der Waals surface area (Å²) in [5, 5.41) is 4.94. The third-order valence-electron chi connectivity index (χ3n) is 3.75. The highest BCUT2D eigenvalue weighted by Gasteiger charge is 2.29. The van der Waals surface area contributed by atoms with E-state index in [9.17, 15) is 18.0 Å². The lowest BCUT2D eigenvalue weighted by Crippen LogP contribution is -2.20. The van der Waals surface area contributed by atoms with E-state index in [1.165, 1.54) is 12.4 Å². The molecule has 0 N–H and O–H groups in total. The number of aryl methyl sites for hydroxylation is 1. The molecule has 0 aliphatic carbocycles. The van der Waals surface area contributed by atoms with Gasteiger partial charge in [-0.05, 0) is 31.5 Å². The Kier molecular flexibility index (Phi) is 5.48. The second-order valence-electron chi connectivity index (χ2n) is 6.01. The van der Waals surface area contributed by atoms with Crippen molar-refractivity contribution < 1.29 is 27.4 Å². The highest BCUT2D eigenvalue weighted by atomic mass is 19.4. The van der Waals surface area contributed by atoms with Gasteiger partial charge in [-0.3, -0.25) is 4.68 Å². The molecule has 0 bridgehead atoms. The molecule has 0 amide bonds.